The highest BCUT2D eigenvalue weighted by Gasteiger charge is 2.34. The number of benzene rings is 2. The van der Waals surface area contributed by atoms with Gasteiger partial charge in [-0.05, 0) is 47.7 Å². The number of primary amides is 1. The molecule has 0 unspecified atom stereocenters. The van der Waals surface area contributed by atoms with Gasteiger partial charge in [0, 0.05) is 38.0 Å². The topological polar surface area (TPSA) is 102 Å². The molecule has 4 rings (SSSR count). The fourth-order valence-electron chi connectivity index (χ4n) is 4.82. The smallest absolute Gasteiger partial charge is 0.254 e. The highest BCUT2D eigenvalue weighted by atomic mass is 16.5. The number of ether oxygens (including phenoxy) is 2. The van der Waals surface area contributed by atoms with Crippen LogP contribution in [0.25, 0.3) is 0 Å². The minimum Gasteiger partial charge on any atom is -0.493 e. The van der Waals surface area contributed by atoms with Crippen molar-refractivity contribution in [1.82, 2.24) is 9.80 Å². The van der Waals surface area contributed by atoms with Crippen LogP contribution in [0.4, 0.5) is 0 Å². The zero-order valence-electron chi connectivity index (χ0n) is 19.7. The standard InChI is InChI=1S/C26H31N3O5/c1-33-22-13-18-12-21(25(27)31)29(16-19(18)14-23(22)34-2)24(30)10-4-3-7-11-28-15-17-8-5-6-9-20(17)26(28)32/h5-6,8-9,13-14,21H,3-4,7,10-12,15-16H2,1-2H3,(H2,27,31)/t21-/m0/s1. The van der Waals surface area contributed by atoms with Crippen molar-refractivity contribution in [1.29, 1.82) is 0 Å². The zero-order valence-corrected chi connectivity index (χ0v) is 19.7. The summed E-state index contributed by atoms with van der Waals surface area (Å²) in [7, 11) is 3.13. The summed E-state index contributed by atoms with van der Waals surface area (Å²) < 4.78 is 10.8. The predicted octanol–water partition coefficient (Wildman–Crippen LogP) is 2.66. The second-order valence-corrected chi connectivity index (χ2v) is 8.81. The Labute approximate surface area is 199 Å². The van der Waals surface area contributed by atoms with Crippen molar-refractivity contribution in [3.63, 3.8) is 0 Å². The Morgan fingerprint density at radius 2 is 1.68 bits per heavy atom. The second-order valence-electron chi connectivity index (χ2n) is 8.81. The molecule has 2 aliphatic rings. The molecule has 0 aromatic heterocycles. The first kappa shape index (κ1) is 23.6. The van der Waals surface area contributed by atoms with Crippen molar-refractivity contribution in [2.45, 2.75) is 51.2 Å². The van der Waals surface area contributed by atoms with E-state index in [1.165, 1.54) is 0 Å². The summed E-state index contributed by atoms with van der Waals surface area (Å²) in [5.74, 6) is 0.651. The van der Waals surface area contributed by atoms with Crippen molar-refractivity contribution in [2.24, 2.45) is 5.73 Å². The van der Waals surface area contributed by atoms with Crippen molar-refractivity contribution in [2.75, 3.05) is 20.8 Å². The molecular formula is C26H31N3O5. The van der Waals surface area contributed by atoms with Crippen LogP contribution in [0.15, 0.2) is 36.4 Å². The maximum Gasteiger partial charge on any atom is 0.254 e. The first-order chi connectivity index (χ1) is 16.4. The Morgan fingerprint density at radius 1 is 0.971 bits per heavy atom. The molecule has 0 aliphatic carbocycles. The molecule has 0 saturated carbocycles. The molecule has 180 valence electrons. The van der Waals surface area contributed by atoms with E-state index in [4.69, 9.17) is 15.2 Å². The number of methoxy groups -OCH3 is 2. The van der Waals surface area contributed by atoms with Crippen LogP contribution >= 0.6 is 0 Å². The Kier molecular flexibility index (Phi) is 7.05. The molecule has 2 N–H and O–H groups in total. The molecule has 2 aromatic carbocycles. The Bertz CT molecular complexity index is 1100. The van der Waals surface area contributed by atoms with Crippen molar-refractivity contribution >= 4 is 17.7 Å². The number of carbonyl (C=O) groups is 3. The van der Waals surface area contributed by atoms with E-state index >= 15 is 0 Å². The van der Waals surface area contributed by atoms with Gasteiger partial charge in [-0.1, -0.05) is 24.6 Å². The second kappa shape index (κ2) is 10.2. The molecule has 2 aromatic rings. The predicted molar refractivity (Wildman–Crippen MR) is 126 cm³/mol. The van der Waals surface area contributed by atoms with Gasteiger partial charge < -0.3 is 25.0 Å². The molecule has 2 heterocycles. The summed E-state index contributed by atoms with van der Waals surface area (Å²) in [6, 6.07) is 10.7. The monoisotopic (exact) mass is 465 g/mol. The van der Waals surface area contributed by atoms with Crippen LogP contribution in [0.5, 0.6) is 11.5 Å². The number of amides is 3. The summed E-state index contributed by atoms with van der Waals surface area (Å²) >= 11 is 0. The SMILES string of the molecule is COc1cc2c(cc1OC)CN(C(=O)CCCCCN1Cc3ccccc3C1=O)[C@H](C(N)=O)C2. The number of fused-ring (bicyclic) bond motifs is 2. The zero-order chi connectivity index (χ0) is 24.2. The average molecular weight is 466 g/mol. The maximum absolute atomic E-state index is 13.0. The number of carbonyl (C=O) groups excluding carboxylic acids is 3. The molecule has 3 amide bonds. The molecule has 0 saturated heterocycles. The molecule has 2 aliphatic heterocycles. The lowest BCUT2D eigenvalue weighted by atomic mass is 9.92. The highest BCUT2D eigenvalue weighted by molar-refractivity contribution is 5.98. The first-order valence-corrected chi connectivity index (χ1v) is 11.6. The lowest BCUT2D eigenvalue weighted by molar-refractivity contribution is -0.140. The Balaban J connectivity index is 1.31. The van der Waals surface area contributed by atoms with Gasteiger partial charge in [0.25, 0.3) is 5.91 Å². The molecule has 0 radical (unpaired) electrons. The van der Waals surface area contributed by atoms with Crippen LogP contribution in [0, 0.1) is 0 Å². The lowest BCUT2D eigenvalue weighted by Gasteiger charge is -2.35. The van der Waals surface area contributed by atoms with Gasteiger partial charge in [0.1, 0.15) is 6.04 Å². The normalized spacial score (nSPS) is 16.8. The summed E-state index contributed by atoms with van der Waals surface area (Å²) in [6.45, 7) is 1.63. The number of unbranched alkanes of at least 4 members (excludes halogenated alkanes) is 2. The van der Waals surface area contributed by atoms with Crippen LogP contribution in [0.3, 0.4) is 0 Å². The van der Waals surface area contributed by atoms with E-state index in [9.17, 15) is 14.4 Å². The fraction of sp³-hybridized carbons (Fsp3) is 0.423. The van der Waals surface area contributed by atoms with Gasteiger partial charge in [-0.15, -0.1) is 0 Å². The number of rotatable bonds is 9. The highest BCUT2D eigenvalue weighted by Crippen LogP contribution is 2.35. The van der Waals surface area contributed by atoms with Gasteiger partial charge in [-0.25, -0.2) is 0 Å². The molecule has 0 bridgehead atoms. The first-order valence-electron chi connectivity index (χ1n) is 11.6. The number of hydrogen-bond acceptors (Lipinski definition) is 5. The molecule has 8 heteroatoms. The molecule has 0 spiro atoms. The maximum atomic E-state index is 13.0. The van der Waals surface area contributed by atoms with Crippen LogP contribution < -0.4 is 15.2 Å². The molecule has 34 heavy (non-hydrogen) atoms. The lowest BCUT2D eigenvalue weighted by Crippen LogP contribution is -2.51. The van der Waals surface area contributed by atoms with Gasteiger partial charge in [-0.3, -0.25) is 14.4 Å². The van der Waals surface area contributed by atoms with E-state index in [1.807, 2.05) is 41.3 Å². The largest absolute Gasteiger partial charge is 0.493 e. The Hall–Kier alpha value is -3.55. The number of nitrogens with zero attached hydrogens (tertiary/aromatic N) is 2. The van der Waals surface area contributed by atoms with Crippen molar-refractivity contribution < 1.29 is 23.9 Å². The third-order valence-electron chi connectivity index (χ3n) is 6.70. The van der Waals surface area contributed by atoms with E-state index in [0.29, 0.717) is 50.4 Å². The van der Waals surface area contributed by atoms with Crippen LogP contribution in [-0.2, 0) is 29.1 Å². The van der Waals surface area contributed by atoms with Crippen LogP contribution in [0.1, 0.15) is 52.7 Å². The average Bonchev–Trinajstić information content (AvgIpc) is 3.17. The summed E-state index contributed by atoms with van der Waals surface area (Å²) in [6.07, 6.45) is 3.03. The third-order valence-corrected chi connectivity index (χ3v) is 6.70. The van der Waals surface area contributed by atoms with Gasteiger partial charge in [0.2, 0.25) is 11.8 Å². The minimum absolute atomic E-state index is 0.0787. The van der Waals surface area contributed by atoms with Gasteiger partial charge in [0.05, 0.1) is 14.2 Å². The van der Waals surface area contributed by atoms with Crippen molar-refractivity contribution in [3.05, 3.63) is 58.7 Å². The van der Waals surface area contributed by atoms with Gasteiger partial charge in [-0.2, -0.15) is 0 Å². The summed E-state index contributed by atoms with van der Waals surface area (Å²) in [4.78, 5) is 41.1. The van der Waals surface area contributed by atoms with E-state index < -0.39 is 11.9 Å². The van der Waals surface area contributed by atoms with Crippen molar-refractivity contribution in [3.8, 4) is 11.5 Å². The summed E-state index contributed by atoms with van der Waals surface area (Å²) in [5, 5.41) is 0. The van der Waals surface area contributed by atoms with Gasteiger partial charge >= 0.3 is 0 Å². The number of hydrogen-bond donors (Lipinski definition) is 1. The molecule has 0 fully saturated rings. The summed E-state index contributed by atoms with van der Waals surface area (Å²) in [5.41, 5.74) is 9.36. The quantitative estimate of drug-likeness (QED) is 0.574. The molecular weight excluding hydrogens is 434 g/mol. The van der Waals surface area contributed by atoms with E-state index in [2.05, 4.69) is 0 Å². The van der Waals surface area contributed by atoms with Crippen LogP contribution in [0.2, 0.25) is 0 Å². The van der Waals surface area contributed by atoms with E-state index in [1.54, 1.807) is 19.1 Å². The van der Waals surface area contributed by atoms with Crippen LogP contribution in [-0.4, -0.2) is 54.3 Å². The van der Waals surface area contributed by atoms with E-state index in [-0.39, 0.29) is 11.8 Å². The Morgan fingerprint density at radius 3 is 2.35 bits per heavy atom. The molecule has 8 nitrogen and oxygen atoms in total. The minimum atomic E-state index is -0.682. The van der Waals surface area contributed by atoms with E-state index in [0.717, 1.165) is 35.1 Å². The fourth-order valence-corrected chi connectivity index (χ4v) is 4.82. The third kappa shape index (κ3) is 4.71. The van der Waals surface area contributed by atoms with Gasteiger partial charge in [0.15, 0.2) is 11.5 Å². The molecule has 1 atom stereocenters. The number of nitrogens with two attached hydrogens (primary N) is 1.